The third kappa shape index (κ3) is 7.66. The molecule has 1 radical (unpaired) electrons. The van der Waals surface area contributed by atoms with E-state index in [9.17, 15) is 9.59 Å². The van der Waals surface area contributed by atoms with Crippen molar-refractivity contribution in [1.82, 2.24) is 0 Å². The number of carbonyl (C=O) groups is 2. The van der Waals surface area contributed by atoms with E-state index in [4.69, 9.17) is 0 Å². The van der Waals surface area contributed by atoms with Gasteiger partial charge in [-0.2, -0.15) is 0 Å². The Morgan fingerprint density at radius 1 is 1.40 bits per heavy atom. The van der Waals surface area contributed by atoms with E-state index in [1.807, 2.05) is 0 Å². The fourth-order valence-electron chi connectivity index (χ4n) is 0.415. The second kappa shape index (κ2) is 6.77. The van der Waals surface area contributed by atoms with E-state index >= 15 is 0 Å². The normalized spacial score (nSPS) is 7.80. The molecule has 0 unspecified atom stereocenters. The molecule has 0 spiro atoms. The Kier molecular flexibility index (Phi) is 8.36. The van der Waals surface area contributed by atoms with Gasteiger partial charge in [0.25, 0.3) is 0 Å². The van der Waals surface area contributed by atoms with Gasteiger partial charge in [0, 0.05) is 0 Å². The van der Waals surface area contributed by atoms with Crippen LogP contribution in [0.2, 0.25) is 0 Å². The largest absolute Gasteiger partial charge is 2.00 e. The summed E-state index contributed by atoms with van der Waals surface area (Å²) in [5, 5.41) is 0. The van der Waals surface area contributed by atoms with Crippen LogP contribution in [0, 0.1) is 0 Å². The van der Waals surface area contributed by atoms with Gasteiger partial charge >= 0.3 is 23.0 Å². The molecular weight excluding hydrogens is 175 g/mol. The monoisotopic (exact) mass is 185 g/mol. The van der Waals surface area contributed by atoms with E-state index < -0.39 is 5.97 Å². The molecule has 4 heteroatoms. The van der Waals surface area contributed by atoms with Gasteiger partial charge in [0.05, 0.1) is 6.61 Å². The van der Waals surface area contributed by atoms with Crippen LogP contribution in [-0.2, 0) is 31.4 Å². The van der Waals surface area contributed by atoms with Crippen LogP contribution in [0.5, 0.6) is 0 Å². The number of esters is 1. The molecule has 0 fully saturated rings. The average Bonchev–Trinajstić information content (AvgIpc) is 1.63. The fourth-order valence-corrected chi connectivity index (χ4v) is 0.415. The molecule has 3 nitrogen and oxygen atoms in total. The number of carbonyl (C=O) groups excluding carboxylic acids is 2. The van der Waals surface area contributed by atoms with Gasteiger partial charge in [-0.25, -0.2) is 0 Å². The van der Waals surface area contributed by atoms with E-state index in [1.165, 1.54) is 6.92 Å². The molecule has 0 aliphatic rings. The summed E-state index contributed by atoms with van der Waals surface area (Å²) in [7, 11) is 0. The summed E-state index contributed by atoms with van der Waals surface area (Å²) in [5.41, 5.74) is 0. The van der Waals surface area contributed by atoms with E-state index in [0.29, 0.717) is 6.61 Å². The maximum absolute atomic E-state index is 10.4. The molecule has 0 aliphatic heterocycles. The first-order valence-electron chi connectivity index (χ1n) is 2.82. The third-order valence-electron chi connectivity index (χ3n) is 0.699. The van der Waals surface area contributed by atoms with E-state index in [1.54, 1.807) is 6.92 Å². The van der Waals surface area contributed by atoms with Crippen LogP contribution in [0.1, 0.15) is 20.3 Å². The van der Waals surface area contributed by atoms with Crippen LogP contribution in [-0.4, -0.2) is 18.4 Å². The number of hydrogen-bond acceptors (Lipinski definition) is 3. The van der Waals surface area contributed by atoms with Gasteiger partial charge in [-0.05, 0) is 13.8 Å². The van der Waals surface area contributed by atoms with Crippen LogP contribution in [0.3, 0.4) is 0 Å². The minimum atomic E-state index is -0.440. The molecule has 0 saturated heterocycles. The topological polar surface area (TPSA) is 43.4 Å². The molecule has 0 aromatic carbocycles. The number of ether oxygens (including phenoxy) is 1. The van der Waals surface area contributed by atoms with Crippen molar-refractivity contribution in [3.05, 3.63) is 0 Å². The predicted octanol–water partition coefficient (Wildman–Crippen LogP) is 0.526. The van der Waals surface area contributed by atoms with Gasteiger partial charge in [-0.1, -0.05) is 0 Å². The Bertz CT molecular complexity index is 122. The van der Waals surface area contributed by atoms with Gasteiger partial charge in [-0.3, -0.25) is 9.59 Å². The molecule has 10 heavy (non-hydrogen) atoms. The van der Waals surface area contributed by atoms with Gasteiger partial charge in [0.15, 0.2) is 0 Å². The molecule has 0 saturated carbocycles. The molecule has 0 rings (SSSR count). The summed E-state index contributed by atoms with van der Waals surface area (Å²) in [5.74, 6) is -0.599. The third-order valence-corrected chi connectivity index (χ3v) is 0.699. The minimum Gasteiger partial charge on any atom is -0.466 e. The van der Waals surface area contributed by atoms with Gasteiger partial charge in [0.1, 0.15) is 12.2 Å². The number of rotatable bonds is 3. The molecule has 57 valence electrons. The summed E-state index contributed by atoms with van der Waals surface area (Å²) in [4.78, 5) is 20.6. The van der Waals surface area contributed by atoms with E-state index in [-0.39, 0.29) is 29.3 Å². The Morgan fingerprint density at radius 2 is 1.90 bits per heavy atom. The second-order valence-corrected chi connectivity index (χ2v) is 1.68. The molecular formula is C6H10MnO3+2. The molecule has 0 N–H and O–H groups in total. The predicted molar refractivity (Wildman–Crippen MR) is 31.9 cm³/mol. The summed E-state index contributed by atoms with van der Waals surface area (Å²) in [6, 6.07) is 0. The molecule has 0 aromatic rings. The standard InChI is InChI=1S/C6H10O3.Mn/c1-3-9-6(8)4-5(2)7;/h3-4H2,1-2H3;/q;+2. The molecule has 0 atom stereocenters. The SMILES string of the molecule is CCOC(=O)CC(C)=O.[Mn+2]. The van der Waals surface area contributed by atoms with Crippen molar-refractivity contribution >= 4 is 11.8 Å². The Hall–Kier alpha value is -0.341. The van der Waals surface area contributed by atoms with Crippen LogP contribution < -0.4 is 0 Å². The van der Waals surface area contributed by atoms with Gasteiger partial charge in [-0.15, -0.1) is 0 Å². The Balaban J connectivity index is 0. The Labute approximate surface area is 70.6 Å². The van der Waals surface area contributed by atoms with E-state index in [0.717, 1.165) is 0 Å². The molecule has 0 aromatic heterocycles. The summed E-state index contributed by atoms with van der Waals surface area (Å²) < 4.78 is 4.49. The van der Waals surface area contributed by atoms with Crippen molar-refractivity contribution in [3.8, 4) is 0 Å². The second-order valence-electron chi connectivity index (χ2n) is 1.68. The molecule has 0 heterocycles. The molecule has 0 aliphatic carbocycles. The summed E-state index contributed by atoms with van der Waals surface area (Å²) in [6.45, 7) is 3.40. The van der Waals surface area contributed by atoms with Crippen LogP contribution in [0.25, 0.3) is 0 Å². The number of ketones is 1. The van der Waals surface area contributed by atoms with Gasteiger partial charge in [0.2, 0.25) is 0 Å². The van der Waals surface area contributed by atoms with Crippen molar-refractivity contribution in [2.24, 2.45) is 0 Å². The van der Waals surface area contributed by atoms with Crippen molar-refractivity contribution in [2.75, 3.05) is 6.61 Å². The quantitative estimate of drug-likeness (QED) is 0.366. The van der Waals surface area contributed by atoms with Crippen LogP contribution in [0.15, 0.2) is 0 Å². The molecule has 0 amide bonds. The average molecular weight is 185 g/mol. The van der Waals surface area contributed by atoms with E-state index in [2.05, 4.69) is 4.74 Å². The van der Waals surface area contributed by atoms with Gasteiger partial charge < -0.3 is 4.74 Å². The van der Waals surface area contributed by atoms with Crippen molar-refractivity contribution in [2.45, 2.75) is 20.3 Å². The maximum atomic E-state index is 10.4. The smallest absolute Gasteiger partial charge is 0.466 e. The Morgan fingerprint density at radius 3 is 2.20 bits per heavy atom. The van der Waals surface area contributed by atoms with Crippen LogP contribution in [0.4, 0.5) is 0 Å². The summed E-state index contributed by atoms with van der Waals surface area (Å²) in [6.07, 6.45) is -0.103. The summed E-state index contributed by atoms with van der Waals surface area (Å²) >= 11 is 0. The maximum Gasteiger partial charge on any atom is 2.00 e. The van der Waals surface area contributed by atoms with Crippen molar-refractivity contribution < 1.29 is 31.4 Å². The molecule has 0 bridgehead atoms. The zero-order valence-electron chi connectivity index (χ0n) is 6.02. The fraction of sp³-hybridized carbons (Fsp3) is 0.667. The first-order chi connectivity index (χ1) is 4.16. The zero-order chi connectivity index (χ0) is 7.28. The number of hydrogen-bond donors (Lipinski definition) is 0. The van der Waals surface area contributed by atoms with Crippen LogP contribution >= 0.6 is 0 Å². The minimum absolute atomic E-state index is 0. The van der Waals surface area contributed by atoms with Crippen molar-refractivity contribution in [1.29, 1.82) is 0 Å². The first kappa shape index (κ1) is 12.3. The van der Waals surface area contributed by atoms with Crippen molar-refractivity contribution in [3.63, 3.8) is 0 Å². The zero-order valence-corrected chi connectivity index (χ0v) is 7.20. The number of Topliss-reactive ketones (excluding diaryl/α,β-unsaturated/α-hetero) is 1. The first-order valence-corrected chi connectivity index (χ1v) is 2.82.